The van der Waals surface area contributed by atoms with Crippen LogP contribution in [0, 0.1) is 24.6 Å². The van der Waals surface area contributed by atoms with E-state index in [9.17, 15) is 13.2 Å². The minimum atomic E-state index is -3.72. The molecule has 1 aromatic heterocycles. The molecule has 11 heteroatoms. The summed E-state index contributed by atoms with van der Waals surface area (Å²) < 4.78 is 54.2. The molecule has 2 aromatic carbocycles. The zero-order valence-corrected chi connectivity index (χ0v) is 21.9. The van der Waals surface area contributed by atoms with E-state index in [0.717, 1.165) is 5.56 Å². The minimum Gasteiger partial charge on any atom is -0.496 e. The number of aromatic nitrogens is 1. The molecule has 196 valence electrons. The van der Waals surface area contributed by atoms with Crippen molar-refractivity contribution in [2.45, 2.75) is 43.9 Å². The Labute approximate surface area is 219 Å². The summed E-state index contributed by atoms with van der Waals surface area (Å²) in [5.74, 6) is -0.309. The monoisotopic (exact) mass is 547 g/mol. The number of rotatable bonds is 6. The number of carbonyl (C=O) groups excluding carboxylic acids is 1. The first kappa shape index (κ1) is 25.5. The Morgan fingerprint density at radius 1 is 1.22 bits per heavy atom. The van der Waals surface area contributed by atoms with Crippen LogP contribution in [0.15, 0.2) is 47.2 Å². The second-order valence-corrected chi connectivity index (χ2v) is 12.0. The number of ether oxygens (including phenoxy) is 1. The molecule has 1 aliphatic heterocycles. The van der Waals surface area contributed by atoms with Gasteiger partial charge in [0.15, 0.2) is 5.82 Å². The van der Waals surface area contributed by atoms with Crippen molar-refractivity contribution in [1.82, 2.24) is 10.5 Å². The van der Waals surface area contributed by atoms with Gasteiger partial charge in [-0.2, -0.15) is 0 Å². The normalized spacial score (nSPS) is 23.7. The third-order valence-electron chi connectivity index (χ3n) is 7.43. The van der Waals surface area contributed by atoms with Crippen molar-refractivity contribution < 1.29 is 26.9 Å². The van der Waals surface area contributed by atoms with Gasteiger partial charge in [0.1, 0.15) is 17.8 Å². The molecule has 0 bridgehead atoms. The molecule has 5 rings (SSSR count). The van der Waals surface area contributed by atoms with Crippen molar-refractivity contribution >= 4 is 33.3 Å². The number of hydrogen-bond donors (Lipinski definition) is 2. The van der Waals surface area contributed by atoms with Crippen LogP contribution in [0.2, 0.25) is 5.02 Å². The minimum absolute atomic E-state index is 0.0619. The molecule has 0 radical (unpaired) electrons. The molecule has 2 aliphatic rings. The van der Waals surface area contributed by atoms with Crippen LogP contribution in [-0.2, 0) is 14.8 Å². The molecule has 37 heavy (non-hydrogen) atoms. The molecule has 2 heterocycles. The summed E-state index contributed by atoms with van der Waals surface area (Å²) in [6.07, 6.45) is 2.76. The lowest BCUT2D eigenvalue weighted by molar-refractivity contribution is -0.127. The third-order valence-corrected chi connectivity index (χ3v) is 9.66. The van der Waals surface area contributed by atoms with Crippen molar-refractivity contribution in [3.63, 3.8) is 0 Å². The maximum atomic E-state index is 15.5. The number of anilines is 1. The van der Waals surface area contributed by atoms with E-state index in [1.165, 1.54) is 25.5 Å². The maximum Gasteiger partial charge on any atom is 0.236 e. The number of piperidine rings is 1. The molecular formula is C26H27ClFN3O5S. The molecule has 3 aromatic rings. The molecule has 1 aliphatic carbocycles. The summed E-state index contributed by atoms with van der Waals surface area (Å²) in [5.41, 5.74) is 2.40. The van der Waals surface area contributed by atoms with Crippen LogP contribution in [0.3, 0.4) is 0 Å². The topological polar surface area (TPSA) is 111 Å². The number of carbonyl (C=O) groups is 1. The summed E-state index contributed by atoms with van der Waals surface area (Å²) in [6.45, 7) is 1.85. The zero-order valence-electron chi connectivity index (χ0n) is 20.3. The molecule has 1 amide bonds. The Balaban J connectivity index is 1.43. The highest BCUT2D eigenvalue weighted by Gasteiger charge is 2.45. The number of aryl methyl sites for hydroxylation is 1. The van der Waals surface area contributed by atoms with Gasteiger partial charge in [0, 0.05) is 28.6 Å². The first-order valence-electron chi connectivity index (χ1n) is 12.0. The van der Waals surface area contributed by atoms with Gasteiger partial charge >= 0.3 is 0 Å². The van der Waals surface area contributed by atoms with Crippen LogP contribution in [0.25, 0.3) is 11.1 Å². The third kappa shape index (κ3) is 5.04. The number of halogens is 2. The van der Waals surface area contributed by atoms with E-state index in [4.69, 9.17) is 20.9 Å². The Kier molecular flexibility index (Phi) is 6.89. The number of benzene rings is 2. The molecule has 8 nitrogen and oxygen atoms in total. The maximum absolute atomic E-state index is 15.5. The SMILES string of the molecule is COc1cc(-c2ccc(Cl)c(C)c2)c(F)cc1C1NC(=O)CC2CC(S(=O)(=O)Nc3ccon3)CCC21. The first-order chi connectivity index (χ1) is 17.7. The average molecular weight is 548 g/mol. The molecule has 4 atom stereocenters. The standard InChI is InChI=1S/C26H27ClFN3O5S/c1-14-9-15(3-6-21(14)27)19-13-23(35-2)20(12-22(19)28)26-18-5-4-17(10-16(18)11-25(32)29-26)37(33,34)31-24-7-8-36-30-24/h3,6-9,12-13,16-18,26H,4-5,10-11H2,1-2H3,(H,29,32)(H,30,31). The predicted octanol–water partition coefficient (Wildman–Crippen LogP) is 5.24. The van der Waals surface area contributed by atoms with Gasteiger partial charge in [-0.1, -0.05) is 22.8 Å². The summed E-state index contributed by atoms with van der Waals surface area (Å²) in [4.78, 5) is 12.7. The van der Waals surface area contributed by atoms with Crippen LogP contribution in [0.1, 0.15) is 42.9 Å². The Morgan fingerprint density at radius 2 is 2.03 bits per heavy atom. The number of fused-ring (bicyclic) bond motifs is 1. The second-order valence-electron chi connectivity index (χ2n) is 9.68. The highest BCUT2D eigenvalue weighted by molar-refractivity contribution is 7.93. The van der Waals surface area contributed by atoms with Crippen LogP contribution in [0.4, 0.5) is 10.2 Å². The zero-order chi connectivity index (χ0) is 26.3. The van der Waals surface area contributed by atoms with Crippen molar-refractivity contribution in [1.29, 1.82) is 0 Å². The van der Waals surface area contributed by atoms with E-state index in [-0.39, 0.29) is 30.0 Å². The highest BCUT2D eigenvalue weighted by Crippen LogP contribution is 2.47. The van der Waals surface area contributed by atoms with Gasteiger partial charge in [0.2, 0.25) is 15.9 Å². The summed E-state index contributed by atoms with van der Waals surface area (Å²) in [7, 11) is -2.21. The quantitative estimate of drug-likeness (QED) is 0.437. The molecular weight excluding hydrogens is 521 g/mol. The number of sulfonamides is 1. The number of nitrogens with zero attached hydrogens (tertiary/aromatic N) is 1. The van der Waals surface area contributed by atoms with Crippen LogP contribution >= 0.6 is 11.6 Å². The molecule has 4 unspecified atom stereocenters. The van der Waals surface area contributed by atoms with Gasteiger partial charge in [-0.3, -0.25) is 9.52 Å². The Bertz CT molecular complexity index is 1430. The highest BCUT2D eigenvalue weighted by atomic mass is 35.5. The average Bonchev–Trinajstić information content (AvgIpc) is 3.37. The smallest absolute Gasteiger partial charge is 0.236 e. The molecule has 2 fully saturated rings. The second kappa shape index (κ2) is 9.98. The van der Waals surface area contributed by atoms with Crippen LogP contribution in [0.5, 0.6) is 5.75 Å². The van der Waals surface area contributed by atoms with E-state index < -0.39 is 27.1 Å². The predicted molar refractivity (Wildman–Crippen MR) is 137 cm³/mol. The van der Waals surface area contributed by atoms with E-state index >= 15 is 4.39 Å². The lowest BCUT2D eigenvalue weighted by atomic mass is 9.69. The van der Waals surface area contributed by atoms with Gasteiger partial charge in [-0.25, -0.2) is 12.8 Å². The summed E-state index contributed by atoms with van der Waals surface area (Å²) in [5, 5.41) is 6.55. The number of hydrogen-bond acceptors (Lipinski definition) is 6. The van der Waals surface area contributed by atoms with Crippen LogP contribution in [-0.4, -0.2) is 31.8 Å². The van der Waals surface area contributed by atoms with Crippen molar-refractivity contribution in [3.8, 4) is 16.9 Å². The van der Waals surface area contributed by atoms with Gasteiger partial charge in [-0.15, -0.1) is 0 Å². The fourth-order valence-corrected chi connectivity index (χ4v) is 7.23. The van der Waals surface area contributed by atoms with Crippen molar-refractivity contribution in [2.24, 2.45) is 11.8 Å². The van der Waals surface area contributed by atoms with E-state index in [0.29, 0.717) is 46.7 Å². The van der Waals surface area contributed by atoms with Crippen molar-refractivity contribution in [3.05, 3.63) is 64.6 Å². The number of amides is 1. The lowest BCUT2D eigenvalue weighted by Crippen LogP contribution is -2.48. The van der Waals surface area contributed by atoms with Gasteiger partial charge in [0.25, 0.3) is 0 Å². The van der Waals surface area contributed by atoms with Crippen LogP contribution < -0.4 is 14.8 Å². The Hall–Kier alpha value is -3.11. The fourth-order valence-electron chi connectivity index (χ4n) is 5.60. The number of methoxy groups -OCH3 is 1. The molecule has 1 saturated heterocycles. The van der Waals surface area contributed by atoms with Gasteiger partial charge in [-0.05, 0) is 73.4 Å². The lowest BCUT2D eigenvalue weighted by Gasteiger charge is -2.44. The van der Waals surface area contributed by atoms with Gasteiger partial charge in [0.05, 0.1) is 18.4 Å². The van der Waals surface area contributed by atoms with E-state index in [2.05, 4.69) is 15.2 Å². The first-order valence-corrected chi connectivity index (χ1v) is 13.9. The fraction of sp³-hybridized carbons (Fsp3) is 0.385. The van der Waals surface area contributed by atoms with E-state index in [1.54, 1.807) is 18.2 Å². The molecule has 2 N–H and O–H groups in total. The molecule has 1 saturated carbocycles. The number of nitrogens with one attached hydrogen (secondary N) is 2. The van der Waals surface area contributed by atoms with E-state index in [1.807, 2.05) is 13.0 Å². The Morgan fingerprint density at radius 3 is 2.73 bits per heavy atom. The van der Waals surface area contributed by atoms with Gasteiger partial charge < -0.3 is 14.6 Å². The summed E-state index contributed by atoms with van der Waals surface area (Å²) >= 11 is 6.14. The largest absolute Gasteiger partial charge is 0.496 e. The summed E-state index contributed by atoms with van der Waals surface area (Å²) in [6, 6.07) is 9.28. The van der Waals surface area contributed by atoms with Crippen molar-refractivity contribution in [2.75, 3.05) is 11.8 Å². The molecule has 0 spiro atoms.